The molecule has 4 aromatic rings. The van der Waals surface area contributed by atoms with Crippen molar-refractivity contribution in [2.24, 2.45) is 0 Å². The van der Waals surface area contributed by atoms with Crippen LogP contribution in [0.3, 0.4) is 0 Å². The highest BCUT2D eigenvalue weighted by Crippen LogP contribution is 2.38. The van der Waals surface area contributed by atoms with E-state index < -0.39 is 10.9 Å². The lowest BCUT2D eigenvalue weighted by Crippen LogP contribution is -2.29. The number of aromatic nitrogens is 5. The van der Waals surface area contributed by atoms with Crippen LogP contribution in [-0.2, 0) is 0 Å². The van der Waals surface area contributed by atoms with Crippen LogP contribution in [0.2, 0.25) is 0 Å². The SMILES string of the molecule is COc1cc(N(C)CCN(C)C)c([N+](=O)[O-])cc1Nc1ncnc(-n2nc(F)c3ccccc32)n1. The zero-order chi connectivity index (χ0) is 25.1. The Morgan fingerprint density at radius 1 is 1.17 bits per heavy atom. The average Bonchev–Trinajstić information content (AvgIpc) is 3.19. The summed E-state index contributed by atoms with van der Waals surface area (Å²) in [5.74, 6) is -0.131. The van der Waals surface area contributed by atoms with Gasteiger partial charge in [-0.3, -0.25) is 10.1 Å². The summed E-state index contributed by atoms with van der Waals surface area (Å²) < 4.78 is 21.0. The van der Waals surface area contributed by atoms with Crippen molar-refractivity contribution in [2.75, 3.05) is 51.6 Å². The monoisotopic (exact) mass is 481 g/mol. The number of hydrogen-bond acceptors (Lipinski definition) is 10. The van der Waals surface area contributed by atoms with Gasteiger partial charge in [0.1, 0.15) is 17.8 Å². The normalized spacial score (nSPS) is 11.1. The minimum atomic E-state index is -0.651. The number of fused-ring (bicyclic) bond motifs is 1. The molecule has 4 rings (SSSR count). The van der Waals surface area contributed by atoms with E-state index >= 15 is 0 Å². The summed E-state index contributed by atoms with van der Waals surface area (Å²) in [5, 5.41) is 19.0. The second kappa shape index (κ2) is 9.85. The molecule has 13 heteroatoms. The Hall–Kier alpha value is -4.39. The Morgan fingerprint density at radius 3 is 2.66 bits per heavy atom. The molecule has 0 saturated heterocycles. The molecule has 0 aliphatic heterocycles. The molecular formula is C22H24FN9O3. The Balaban J connectivity index is 1.70. The highest BCUT2D eigenvalue weighted by Gasteiger charge is 2.23. The quantitative estimate of drug-likeness (QED) is 0.281. The third-order valence-electron chi connectivity index (χ3n) is 5.32. The van der Waals surface area contributed by atoms with E-state index in [4.69, 9.17) is 4.74 Å². The molecule has 182 valence electrons. The minimum Gasteiger partial charge on any atom is -0.494 e. The average molecular weight is 481 g/mol. The lowest BCUT2D eigenvalue weighted by atomic mass is 10.2. The highest BCUT2D eigenvalue weighted by molar-refractivity contribution is 5.80. The van der Waals surface area contributed by atoms with Gasteiger partial charge in [-0.15, -0.1) is 5.10 Å². The van der Waals surface area contributed by atoms with E-state index in [0.717, 1.165) is 0 Å². The Bertz CT molecular complexity index is 1380. The van der Waals surface area contributed by atoms with Crippen LogP contribution in [-0.4, -0.2) is 75.9 Å². The molecule has 0 radical (unpaired) electrons. The predicted octanol–water partition coefficient (Wildman–Crippen LogP) is 3.01. The molecule has 12 nitrogen and oxygen atoms in total. The van der Waals surface area contributed by atoms with Gasteiger partial charge in [-0.1, -0.05) is 12.1 Å². The maximum absolute atomic E-state index is 14.3. The van der Waals surface area contributed by atoms with Crippen LogP contribution in [0.25, 0.3) is 16.9 Å². The number of halogens is 1. The summed E-state index contributed by atoms with van der Waals surface area (Å²) in [6.45, 7) is 1.29. The molecular weight excluding hydrogens is 457 g/mol. The largest absolute Gasteiger partial charge is 0.494 e. The van der Waals surface area contributed by atoms with Crippen molar-refractivity contribution in [1.29, 1.82) is 0 Å². The molecule has 2 aromatic carbocycles. The van der Waals surface area contributed by atoms with Crippen molar-refractivity contribution in [1.82, 2.24) is 29.6 Å². The Morgan fingerprint density at radius 2 is 1.94 bits per heavy atom. The topological polar surface area (TPSA) is 127 Å². The minimum absolute atomic E-state index is 0.0797. The summed E-state index contributed by atoms with van der Waals surface area (Å²) in [5.41, 5.74) is 1.08. The van der Waals surface area contributed by atoms with E-state index in [1.807, 2.05) is 19.0 Å². The first-order valence-electron chi connectivity index (χ1n) is 10.6. The molecule has 0 atom stereocenters. The molecule has 0 fully saturated rings. The lowest BCUT2D eigenvalue weighted by molar-refractivity contribution is -0.384. The number of para-hydroxylation sites is 1. The molecule has 35 heavy (non-hydrogen) atoms. The van der Waals surface area contributed by atoms with Crippen LogP contribution in [0, 0.1) is 16.1 Å². The maximum atomic E-state index is 14.3. The molecule has 0 saturated carbocycles. The van der Waals surface area contributed by atoms with E-state index in [1.54, 1.807) is 42.3 Å². The van der Waals surface area contributed by atoms with Gasteiger partial charge in [-0.2, -0.15) is 19.0 Å². The molecule has 2 heterocycles. The van der Waals surface area contributed by atoms with Crippen molar-refractivity contribution < 1.29 is 14.1 Å². The zero-order valence-electron chi connectivity index (χ0n) is 19.6. The number of hydrogen-bond donors (Lipinski definition) is 1. The standard InChI is InChI=1S/C22H24FN9O3/c1-29(2)9-10-30(3)17-12-19(35-4)15(11-18(17)32(33)34)26-21-24-13-25-22(27-21)31-16-8-6-5-7-14(16)20(23)28-31/h5-8,11-13H,9-10H2,1-4H3,(H,24,25,26,27). The molecule has 0 amide bonds. The number of rotatable bonds is 9. The molecule has 1 N–H and O–H groups in total. The summed E-state index contributed by atoms with van der Waals surface area (Å²) in [6.07, 6.45) is 1.24. The van der Waals surface area contributed by atoms with Crippen molar-refractivity contribution in [3.63, 3.8) is 0 Å². The second-order valence-electron chi connectivity index (χ2n) is 7.98. The number of nitro benzene ring substituents is 1. The van der Waals surface area contributed by atoms with Crippen molar-refractivity contribution in [2.45, 2.75) is 0 Å². The Labute approximate surface area is 200 Å². The van der Waals surface area contributed by atoms with Gasteiger partial charge in [0.15, 0.2) is 0 Å². The van der Waals surface area contributed by atoms with Crippen LogP contribution in [0.1, 0.15) is 0 Å². The first-order valence-corrected chi connectivity index (χ1v) is 10.6. The predicted molar refractivity (Wildman–Crippen MR) is 129 cm³/mol. The maximum Gasteiger partial charge on any atom is 0.294 e. The van der Waals surface area contributed by atoms with Crippen molar-refractivity contribution in [3.05, 3.63) is 58.8 Å². The van der Waals surface area contributed by atoms with Gasteiger partial charge < -0.3 is 19.9 Å². The summed E-state index contributed by atoms with van der Waals surface area (Å²) in [6, 6.07) is 9.72. The fraction of sp³-hybridized carbons (Fsp3) is 0.273. The number of ether oxygens (including phenoxy) is 1. The van der Waals surface area contributed by atoms with Gasteiger partial charge in [0.05, 0.1) is 28.6 Å². The molecule has 0 bridgehead atoms. The third-order valence-corrected chi connectivity index (χ3v) is 5.32. The van der Waals surface area contributed by atoms with Gasteiger partial charge in [0.25, 0.3) is 11.6 Å². The smallest absolute Gasteiger partial charge is 0.294 e. The fourth-order valence-electron chi connectivity index (χ4n) is 3.50. The summed E-state index contributed by atoms with van der Waals surface area (Å²) in [4.78, 5) is 27.7. The van der Waals surface area contributed by atoms with Gasteiger partial charge in [-0.25, -0.2) is 4.98 Å². The van der Waals surface area contributed by atoms with Gasteiger partial charge in [0.2, 0.25) is 11.9 Å². The molecule has 0 aliphatic carbocycles. The van der Waals surface area contributed by atoms with Gasteiger partial charge >= 0.3 is 0 Å². The molecule has 0 unspecified atom stereocenters. The number of anilines is 3. The van der Waals surface area contributed by atoms with Crippen LogP contribution in [0.15, 0.2) is 42.7 Å². The van der Waals surface area contributed by atoms with Gasteiger partial charge in [0, 0.05) is 32.3 Å². The number of nitro groups is 1. The first-order chi connectivity index (χ1) is 16.8. The van der Waals surface area contributed by atoms with Gasteiger partial charge in [-0.05, 0) is 26.2 Å². The van der Waals surface area contributed by atoms with E-state index in [1.165, 1.54) is 24.2 Å². The zero-order valence-corrected chi connectivity index (χ0v) is 19.6. The third kappa shape index (κ3) is 4.94. The van der Waals surface area contributed by atoms with Crippen LogP contribution in [0.5, 0.6) is 5.75 Å². The van der Waals surface area contributed by atoms with Crippen LogP contribution < -0.4 is 15.0 Å². The van der Waals surface area contributed by atoms with Crippen molar-refractivity contribution in [3.8, 4) is 11.7 Å². The van der Waals surface area contributed by atoms with E-state index in [0.29, 0.717) is 35.4 Å². The second-order valence-corrected chi connectivity index (χ2v) is 7.98. The number of methoxy groups -OCH3 is 1. The number of nitrogens with one attached hydrogen (secondary N) is 1. The van der Waals surface area contributed by atoms with Crippen LogP contribution >= 0.6 is 0 Å². The lowest BCUT2D eigenvalue weighted by Gasteiger charge is -2.22. The first kappa shape index (κ1) is 23.8. The van der Waals surface area contributed by atoms with E-state index in [9.17, 15) is 14.5 Å². The number of likely N-dealkylation sites (N-methyl/N-ethyl adjacent to an activating group) is 2. The molecule has 0 spiro atoms. The summed E-state index contributed by atoms with van der Waals surface area (Å²) in [7, 11) is 7.11. The molecule has 2 aromatic heterocycles. The summed E-state index contributed by atoms with van der Waals surface area (Å²) >= 11 is 0. The number of benzene rings is 2. The van der Waals surface area contributed by atoms with Crippen LogP contribution in [0.4, 0.5) is 27.4 Å². The Kier molecular flexibility index (Phi) is 6.68. The molecule has 0 aliphatic rings. The van der Waals surface area contributed by atoms with E-state index in [-0.39, 0.29) is 23.3 Å². The fourth-order valence-corrected chi connectivity index (χ4v) is 3.50. The highest BCUT2D eigenvalue weighted by atomic mass is 19.1. The number of nitrogens with zero attached hydrogens (tertiary/aromatic N) is 8. The van der Waals surface area contributed by atoms with E-state index in [2.05, 4.69) is 25.4 Å². The van der Waals surface area contributed by atoms with Crippen molar-refractivity contribution >= 4 is 33.9 Å².